The fourth-order valence-corrected chi connectivity index (χ4v) is 6.00. The van der Waals surface area contributed by atoms with Crippen molar-refractivity contribution in [1.82, 2.24) is 49.2 Å². The van der Waals surface area contributed by atoms with Crippen molar-refractivity contribution in [2.45, 2.75) is 73.1 Å². The Bertz CT molecular complexity index is 1770. The summed E-state index contributed by atoms with van der Waals surface area (Å²) in [4.78, 5) is 71.1. The number of hydrogen-bond acceptors (Lipinski definition) is 18. The highest BCUT2D eigenvalue weighted by Crippen LogP contribution is 2.22. The van der Waals surface area contributed by atoms with E-state index in [0.29, 0.717) is 56.6 Å². The molecule has 55 heavy (non-hydrogen) atoms. The predicted molar refractivity (Wildman–Crippen MR) is 223 cm³/mol. The van der Waals surface area contributed by atoms with Gasteiger partial charge in [0, 0.05) is 38.8 Å². The second-order valence-electron chi connectivity index (χ2n) is 11.9. The summed E-state index contributed by atoms with van der Waals surface area (Å²) < 4.78 is 25.6. The van der Waals surface area contributed by atoms with Crippen LogP contribution in [0, 0.1) is 15.5 Å². The number of aromatic nitrogens is 8. The molecule has 0 spiro atoms. The molecule has 6 atom stereocenters. The zero-order valence-electron chi connectivity index (χ0n) is 30.0. The summed E-state index contributed by atoms with van der Waals surface area (Å²) in [6, 6.07) is -0.835. The average Bonchev–Trinajstić information content (AvgIpc) is 3.72. The first-order valence-electron chi connectivity index (χ1n) is 16.4. The minimum Gasteiger partial charge on any atom is -0.466 e. The number of anilines is 2. The molecule has 304 valence electrons. The monoisotopic (exact) mass is 984 g/mol. The molecule has 0 saturated heterocycles. The van der Waals surface area contributed by atoms with Crippen LogP contribution in [-0.2, 0) is 51.2 Å². The van der Waals surface area contributed by atoms with Gasteiger partial charge in [-0.2, -0.15) is 9.97 Å². The van der Waals surface area contributed by atoms with Gasteiger partial charge in [0.2, 0.25) is 11.9 Å². The minimum absolute atomic E-state index is 0. The Labute approximate surface area is 344 Å². The molecule has 0 aliphatic heterocycles. The predicted octanol–water partition coefficient (Wildman–Crippen LogP) is 2.58. The number of nitrogens with zero attached hydrogens (tertiary/aromatic N) is 8. The summed E-state index contributed by atoms with van der Waals surface area (Å²) >= 11 is 5.37. The third-order valence-electron chi connectivity index (χ3n) is 7.58. The maximum absolute atomic E-state index is 11.8. The summed E-state index contributed by atoms with van der Waals surface area (Å²) in [7, 11) is 4.55. The van der Waals surface area contributed by atoms with Crippen molar-refractivity contribution >= 4 is 115 Å². The molecule has 2 unspecified atom stereocenters. The number of halogens is 2. The lowest BCUT2D eigenvalue weighted by Crippen LogP contribution is -2.30. The fourth-order valence-electron chi connectivity index (χ4n) is 4.64. The number of nitrogen functional groups attached to an aromatic ring is 2. The number of carbonyl (C=O) groups is 4. The van der Waals surface area contributed by atoms with Crippen molar-refractivity contribution < 1.29 is 38.1 Å². The van der Waals surface area contributed by atoms with E-state index in [1.807, 2.05) is 4.57 Å². The molecule has 20 nitrogen and oxygen atoms in total. The number of hydrogen-bond donors (Lipinski definition) is 4. The van der Waals surface area contributed by atoms with E-state index >= 15 is 0 Å². The van der Waals surface area contributed by atoms with Crippen LogP contribution in [0.1, 0.15) is 48.0 Å². The third kappa shape index (κ3) is 15.2. The van der Waals surface area contributed by atoms with Crippen molar-refractivity contribution in [2.75, 3.05) is 37.9 Å². The average molecular weight is 986 g/mol. The maximum Gasteiger partial charge on any atom is 0.323 e. The van der Waals surface area contributed by atoms with E-state index in [2.05, 4.69) is 97.4 Å². The number of esters is 4. The molecule has 4 aromatic heterocycles. The zero-order chi connectivity index (χ0) is 39.9. The molecule has 0 aliphatic carbocycles. The molecule has 0 aliphatic rings. The van der Waals surface area contributed by atoms with Gasteiger partial charge >= 0.3 is 23.9 Å². The van der Waals surface area contributed by atoms with E-state index < -0.39 is 12.1 Å². The Morgan fingerprint density at radius 2 is 1.18 bits per heavy atom. The first kappa shape index (κ1) is 47.7. The van der Waals surface area contributed by atoms with E-state index in [1.165, 1.54) is 13.8 Å². The quantitative estimate of drug-likeness (QED) is 0.0367. The molecule has 0 aromatic carbocycles. The van der Waals surface area contributed by atoms with E-state index in [9.17, 15) is 19.2 Å². The fraction of sp³-hybridized carbons (Fsp3) is 0.548. The van der Waals surface area contributed by atoms with Crippen molar-refractivity contribution in [2.24, 2.45) is 11.8 Å². The minimum atomic E-state index is -0.420. The lowest BCUT2D eigenvalue weighted by atomic mass is 10.1. The normalized spacial score (nSPS) is 13.1. The molecule has 0 bridgehead atoms. The van der Waals surface area contributed by atoms with Gasteiger partial charge < -0.3 is 39.5 Å². The van der Waals surface area contributed by atoms with Crippen molar-refractivity contribution in [3.8, 4) is 0 Å². The van der Waals surface area contributed by atoms with Crippen LogP contribution in [-0.4, -0.2) is 101 Å². The molecule has 4 rings (SSSR count). The van der Waals surface area contributed by atoms with Crippen LogP contribution in [0.25, 0.3) is 22.3 Å². The van der Waals surface area contributed by atoms with Gasteiger partial charge in [0.25, 0.3) is 0 Å². The van der Waals surface area contributed by atoms with Gasteiger partial charge in [0.15, 0.2) is 11.3 Å². The van der Waals surface area contributed by atoms with E-state index in [4.69, 9.17) is 30.4 Å². The Hall–Kier alpha value is -3.43. The van der Waals surface area contributed by atoms with Gasteiger partial charge in [-0.05, 0) is 65.2 Å². The maximum atomic E-state index is 11.8. The van der Waals surface area contributed by atoms with Gasteiger partial charge in [-0.3, -0.25) is 29.4 Å². The number of imidazole rings is 2. The van der Waals surface area contributed by atoms with Gasteiger partial charge in [0.1, 0.15) is 31.4 Å². The van der Waals surface area contributed by atoms with Crippen LogP contribution in [0.3, 0.4) is 0 Å². The zero-order valence-corrected chi connectivity index (χ0v) is 36.1. The second kappa shape index (κ2) is 23.6. The number of nitrogens with one attached hydrogen (secondary N) is 2. The van der Waals surface area contributed by atoms with Crippen LogP contribution in [0.2, 0.25) is 0 Å². The highest BCUT2D eigenvalue weighted by Gasteiger charge is 2.20. The summed E-state index contributed by atoms with van der Waals surface area (Å²) in [6.45, 7) is 7.84. The SMILES string of the molecule is C.CC(=O)OC[C@H](CCOC(=O)[C@H](C)NP)Cn1cnc2c(Br)nc(N)nc21.CC(=O)OC[C@H](CCOC(=O)[C@H](C)NP)Cn1cnc2c(I)nc(N)nc21. The Morgan fingerprint density at radius 3 is 1.62 bits per heavy atom. The summed E-state index contributed by atoms with van der Waals surface area (Å²) in [5.41, 5.74) is 13.9. The van der Waals surface area contributed by atoms with Gasteiger partial charge in [0.05, 0.1) is 39.1 Å². The van der Waals surface area contributed by atoms with Gasteiger partial charge in [-0.15, -0.1) is 0 Å². The highest BCUT2D eigenvalue weighted by molar-refractivity contribution is 14.1. The molecule has 0 amide bonds. The van der Waals surface area contributed by atoms with E-state index in [1.54, 1.807) is 31.1 Å². The third-order valence-corrected chi connectivity index (χ3v) is 9.88. The largest absolute Gasteiger partial charge is 0.466 e. The molecule has 0 saturated carbocycles. The Kier molecular flexibility index (Phi) is 20.5. The highest BCUT2D eigenvalue weighted by atomic mass is 127. The van der Waals surface area contributed by atoms with Gasteiger partial charge in [-0.25, -0.2) is 19.9 Å². The van der Waals surface area contributed by atoms with Crippen LogP contribution < -0.4 is 21.6 Å². The molecular weight excluding hydrogens is 937 g/mol. The first-order valence-corrected chi connectivity index (χ1v) is 19.5. The number of ether oxygens (including phenoxy) is 4. The molecule has 4 heterocycles. The number of nitrogens with two attached hydrogens (primary N) is 2. The molecule has 0 radical (unpaired) electrons. The topological polar surface area (TPSA) is 268 Å². The van der Waals surface area contributed by atoms with E-state index in [-0.39, 0.29) is 81.5 Å². The Balaban J connectivity index is 0.000000373. The number of rotatable bonds is 18. The summed E-state index contributed by atoms with van der Waals surface area (Å²) in [5.74, 6) is -1.34. The lowest BCUT2D eigenvalue weighted by Gasteiger charge is -2.18. The molecular formula is C31H48BrIN12O8P2. The number of carbonyl (C=O) groups excluding carboxylic acids is 4. The summed E-state index contributed by atoms with van der Waals surface area (Å²) in [6.07, 6.45) is 4.29. The molecule has 6 N–H and O–H groups in total. The molecule has 4 aromatic rings. The van der Waals surface area contributed by atoms with Crippen LogP contribution in [0.5, 0.6) is 0 Å². The van der Waals surface area contributed by atoms with Crippen LogP contribution in [0.15, 0.2) is 17.3 Å². The second-order valence-corrected chi connectivity index (χ2v) is 14.3. The van der Waals surface area contributed by atoms with Crippen LogP contribution in [0.4, 0.5) is 11.9 Å². The Morgan fingerprint density at radius 1 is 0.764 bits per heavy atom. The van der Waals surface area contributed by atoms with Crippen LogP contribution >= 0.6 is 57.3 Å². The van der Waals surface area contributed by atoms with Crippen molar-refractivity contribution in [3.63, 3.8) is 0 Å². The first-order chi connectivity index (χ1) is 25.6. The smallest absolute Gasteiger partial charge is 0.323 e. The molecule has 24 heteroatoms. The standard InChI is InChI=1S/C15H22BrN6O4P.C15H22IN6O4P.CH4/c2*1-8(21-27)14(24)25-4-3-10(6-26-9(2)23)5-22-7-18-11-12(16)19-15(17)20-13(11)22;/h2*7-8,10,21H,3-6,27H2,1-2H3,(H2,17,19,20);1H4/t2*8-,10+;/m00./s1. The van der Waals surface area contributed by atoms with E-state index in [0.717, 1.165) is 0 Å². The van der Waals surface area contributed by atoms with Gasteiger partial charge in [-0.1, -0.05) is 26.2 Å². The lowest BCUT2D eigenvalue weighted by molar-refractivity contribution is -0.147. The molecule has 0 fully saturated rings. The number of fused-ring (bicyclic) bond motifs is 2. The summed E-state index contributed by atoms with van der Waals surface area (Å²) in [5, 5.41) is 5.48. The van der Waals surface area contributed by atoms with Crippen molar-refractivity contribution in [1.29, 1.82) is 0 Å². The van der Waals surface area contributed by atoms with Crippen molar-refractivity contribution in [3.05, 3.63) is 21.0 Å².